The molecular weight excluding hydrogens is 158 g/mol. The summed E-state index contributed by atoms with van der Waals surface area (Å²) in [5.41, 5.74) is 5.26. The Hall–Kier alpha value is -1.49. The van der Waals surface area contributed by atoms with E-state index in [-0.39, 0.29) is 5.88 Å². The molecule has 0 saturated heterocycles. The summed E-state index contributed by atoms with van der Waals surface area (Å²) < 4.78 is 4.74. The van der Waals surface area contributed by atoms with Crippen LogP contribution in [-0.2, 0) is 4.79 Å². The van der Waals surface area contributed by atoms with Gasteiger partial charge in [0.15, 0.2) is 0 Å². The van der Waals surface area contributed by atoms with Gasteiger partial charge >= 0.3 is 5.97 Å². The highest BCUT2D eigenvalue weighted by molar-refractivity contribution is 5.76. The lowest BCUT2D eigenvalue weighted by Crippen LogP contribution is -2.31. The van der Waals surface area contributed by atoms with Crippen LogP contribution < -0.4 is 10.5 Å². The third-order valence-electron chi connectivity index (χ3n) is 1.12. The molecule has 0 aliphatic carbocycles. The van der Waals surface area contributed by atoms with Gasteiger partial charge < -0.3 is 10.5 Å². The summed E-state index contributed by atoms with van der Waals surface area (Å²) >= 11 is 0. The van der Waals surface area contributed by atoms with Crippen LogP contribution in [0.2, 0.25) is 0 Å². The van der Waals surface area contributed by atoms with Gasteiger partial charge in [-0.3, -0.25) is 4.98 Å². The molecule has 0 aromatic carbocycles. The van der Waals surface area contributed by atoms with Crippen LogP contribution in [0.3, 0.4) is 0 Å². The van der Waals surface area contributed by atoms with E-state index in [9.17, 15) is 4.79 Å². The van der Waals surface area contributed by atoms with Gasteiger partial charge in [-0.25, -0.2) is 9.78 Å². The highest BCUT2D eigenvalue weighted by Gasteiger charge is 2.10. The van der Waals surface area contributed by atoms with Gasteiger partial charge in [0.25, 0.3) is 0 Å². The van der Waals surface area contributed by atoms with E-state index in [1.54, 1.807) is 6.92 Å². The largest absolute Gasteiger partial charge is 0.405 e. The van der Waals surface area contributed by atoms with Gasteiger partial charge in [0.2, 0.25) is 5.88 Å². The Morgan fingerprint density at radius 1 is 1.67 bits per heavy atom. The first kappa shape index (κ1) is 8.61. The van der Waals surface area contributed by atoms with Crippen LogP contribution in [0.15, 0.2) is 18.6 Å². The van der Waals surface area contributed by atoms with Gasteiger partial charge in [-0.15, -0.1) is 0 Å². The average molecular weight is 167 g/mol. The standard InChI is InChI=1S/C7H9N3O2/c1-5(8)7(11)12-6-4-9-2-3-10-6/h2-5H,8H2,1H3/t5-/m0/s1. The van der Waals surface area contributed by atoms with E-state index in [4.69, 9.17) is 10.5 Å². The van der Waals surface area contributed by atoms with Crippen molar-refractivity contribution < 1.29 is 9.53 Å². The molecule has 2 N–H and O–H groups in total. The number of carbonyl (C=O) groups is 1. The number of esters is 1. The number of nitrogens with two attached hydrogens (primary N) is 1. The lowest BCUT2D eigenvalue weighted by Gasteiger charge is -2.03. The van der Waals surface area contributed by atoms with E-state index >= 15 is 0 Å². The summed E-state index contributed by atoms with van der Waals surface area (Å²) in [6, 6.07) is -0.646. The van der Waals surface area contributed by atoms with E-state index in [1.165, 1.54) is 18.6 Å². The number of ether oxygens (including phenoxy) is 1. The molecule has 1 rings (SSSR count). The Kier molecular flexibility index (Phi) is 2.71. The summed E-state index contributed by atoms with van der Waals surface area (Å²) in [6.07, 6.45) is 4.27. The molecule has 1 aromatic rings. The molecule has 0 radical (unpaired) electrons. The second kappa shape index (κ2) is 3.77. The van der Waals surface area contributed by atoms with E-state index in [0.717, 1.165) is 0 Å². The van der Waals surface area contributed by atoms with Gasteiger partial charge in [-0.1, -0.05) is 0 Å². The molecule has 12 heavy (non-hydrogen) atoms. The summed E-state index contributed by atoms with van der Waals surface area (Å²) in [5, 5.41) is 0. The minimum atomic E-state index is -0.646. The highest BCUT2D eigenvalue weighted by Crippen LogP contribution is 2.01. The summed E-state index contributed by atoms with van der Waals surface area (Å²) in [7, 11) is 0. The van der Waals surface area contributed by atoms with Crippen molar-refractivity contribution in [1.29, 1.82) is 0 Å². The normalized spacial score (nSPS) is 12.2. The Bertz CT molecular complexity index is 261. The SMILES string of the molecule is C[C@H](N)C(=O)Oc1cnccn1. The third kappa shape index (κ3) is 2.28. The van der Waals surface area contributed by atoms with Crippen LogP contribution in [0.5, 0.6) is 5.88 Å². The molecule has 0 aliphatic rings. The monoisotopic (exact) mass is 167 g/mol. The second-order valence-corrected chi connectivity index (χ2v) is 2.25. The predicted molar refractivity (Wildman–Crippen MR) is 41.3 cm³/mol. The lowest BCUT2D eigenvalue weighted by atomic mass is 10.4. The van der Waals surface area contributed by atoms with Gasteiger partial charge in [-0.05, 0) is 6.92 Å². The molecule has 1 heterocycles. The van der Waals surface area contributed by atoms with Crippen molar-refractivity contribution in [2.75, 3.05) is 0 Å². The maximum atomic E-state index is 10.9. The average Bonchev–Trinajstić information content (AvgIpc) is 2.06. The zero-order valence-corrected chi connectivity index (χ0v) is 6.60. The maximum Gasteiger partial charge on any atom is 0.329 e. The number of carbonyl (C=O) groups excluding carboxylic acids is 1. The number of aromatic nitrogens is 2. The van der Waals surface area contributed by atoms with E-state index in [2.05, 4.69) is 9.97 Å². The Morgan fingerprint density at radius 2 is 2.42 bits per heavy atom. The molecule has 0 unspecified atom stereocenters. The Morgan fingerprint density at radius 3 is 2.92 bits per heavy atom. The summed E-state index contributed by atoms with van der Waals surface area (Å²) in [4.78, 5) is 18.4. The van der Waals surface area contributed by atoms with Crippen molar-refractivity contribution in [2.45, 2.75) is 13.0 Å². The van der Waals surface area contributed by atoms with Crippen LogP contribution in [0.4, 0.5) is 0 Å². The molecule has 5 heteroatoms. The van der Waals surface area contributed by atoms with Crippen LogP contribution in [-0.4, -0.2) is 22.0 Å². The first-order valence-corrected chi connectivity index (χ1v) is 3.43. The van der Waals surface area contributed by atoms with Gasteiger partial charge in [0.1, 0.15) is 6.04 Å². The number of hydrogen-bond donors (Lipinski definition) is 1. The Balaban J connectivity index is 2.59. The van der Waals surface area contributed by atoms with Crippen molar-refractivity contribution in [2.24, 2.45) is 5.73 Å². The third-order valence-corrected chi connectivity index (χ3v) is 1.12. The maximum absolute atomic E-state index is 10.9. The predicted octanol–water partition coefficient (Wildman–Crippen LogP) is -0.271. The molecule has 0 saturated carbocycles. The molecular formula is C7H9N3O2. The van der Waals surface area contributed by atoms with Crippen molar-refractivity contribution in [3.8, 4) is 5.88 Å². The van der Waals surface area contributed by atoms with E-state index in [0.29, 0.717) is 0 Å². The number of rotatable bonds is 2. The fourth-order valence-electron chi connectivity index (χ4n) is 0.534. The fraction of sp³-hybridized carbons (Fsp3) is 0.286. The van der Waals surface area contributed by atoms with Gasteiger partial charge in [0.05, 0.1) is 6.20 Å². The summed E-state index contributed by atoms with van der Waals surface area (Å²) in [6.45, 7) is 1.54. The zero-order valence-electron chi connectivity index (χ0n) is 6.60. The fourth-order valence-corrected chi connectivity index (χ4v) is 0.534. The van der Waals surface area contributed by atoms with Crippen LogP contribution in [0, 0.1) is 0 Å². The first-order valence-electron chi connectivity index (χ1n) is 3.43. The molecule has 5 nitrogen and oxygen atoms in total. The van der Waals surface area contributed by atoms with Crippen molar-refractivity contribution in [3.05, 3.63) is 18.6 Å². The zero-order chi connectivity index (χ0) is 8.97. The van der Waals surface area contributed by atoms with Gasteiger partial charge in [0, 0.05) is 12.4 Å². The van der Waals surface area contributed by atoms with E-state index < -0.39 is 12.0 Å². The van der Waals surface area contributed by atoms with Crippen molar-refractivity contribution >= 4 is 5.97 Å². The van der Waals surface area contributed by atoms with Crippen LogP contribution >= 0.6 is 0 Å². The lowest BCUT2D eigenvalue weighted by molar-refractivity contribution is -0.135. The molecule has 1 atom stereocenters. The molecule has 0 fully saturated rings. The molecule has 0 bridgehead atoms. The van der Waals surface area contributed by atoms with Crippen LogP contribution in [0.1, 0.15) is 6.92 Å². The smallest absolute Gasteiger partial charge is 0.329 e. The number of nitrogens with zero attached hydrogens (tertiary/aromatic N) is 2. The molecule has 0 amide bonds. The minimum absolute atomic E-state index is 0.166. The topological polar surface area (TPSA) is 78.1 Å². The van der Waals surface area contributed by atoms with Crippen LogP contribution in [0.25, 0.3) is 0 Å². The highest BCUT2D eigenvalue weighted by atomic mass is 16.5. The van der Waals surface area contributed by atoms with E-state index in [1.807, 2.05) is 0 Å². The Labute approximate surface area is 69.6 Å². The molecule has 0 spiro atoms. The molecule has 64 valence electrons. The minimum Gasteiger partial charge on any atom is -0.405 e. The second-order valence-electron chi connectivity index (χ2n) is 2.25. The number of hydrogen-bond acceptors (Lipinski definition) is 5. The quantitative estimate of drug-likeness (QED) is 0.613. The van der Waals surface area contributed by atoms with Crippen molar-refractivity contribution in [1.82, 2.24) is 9.97 Å². The van der Waals surface area contributed by atoms with Crippen molar-refractivity contribution in [3.63, 3.8) is 0 Å². The van der Waals surface area contributed by atoms with Gasteiger partial charge in [-0.2, -0.15) is 0 Å². The molecule has 0 aliphatic heterocycles. The molecule has 1 aromatic heterocycles. The first-order chi connectivity index (χ1) is 5.70. The summed E-state index contributed by atoms with van der Waals surface area (Å²) in [5.74, 6) is -0.352.